The van der Waals surface area contributed by atoms with E-state index in [0.717, 1.165) is 51.5 Å². The summed E-state index contributed by atoms with van der Waals surface area (Å²) in [5.74, 6) is 0.142. The fraction of sp³-hybridized carbons (Fsp3) is 0.577. The molecule has 2 heterocycles. The van der Waals surface area contributed by atoms with Crippen LogP contribution in [0.1, 0.15) is 56.3 Å². The molecule has 8 nitrogen and oxygen atoms in total. The number of nitrogens with one attached hydrogen (secondary N) is 1. The number of amides is 1. The lowest BCUT2D eigenvalue weighted by molar-refractivity contribution is -0.913. The van der Waals surface area contributed by atoms with E-state index in [1.54, 1.807) is 13.0 Å². The number of carbonyl (C=O) groups excluding carboxylic acids is 2. The first-order valence-corrected chi connectivity index (χ1v) is 12.3. The number of likely N-dealkylation sites (tertiary alicyclic amines) is 1. The molecule has 1 aromatic heterocycles. The van der Waals surface area contributed by atoms with Gasteiger partial charge in [-0.2, -0.15) is 0 Å². The Bertz CT molecular complexity index is 987. The van der Waals surface area contributed by atoms with Crippen molar-refractivity contribution in [3.63, 3.8) is 0 Å². The molecule has 3 atom stereocenters. The summed E-state index contributed by atoms with van der Waals surface area (Å²) >= 11 is 0. The highest BCUT2D eigenvalue weighted by Crippen LogP contribution is 2.40. The van der Waals surface area contributed by atoms with E-state index in [1.165, 1.54) is 0 Å². The van der Waals surface area contributed by atoms with Gasteiger partial charge in [-0.3, -0.25) is 4.79 Å². The average molecular weight is 471 g/mol. The molecule has 1 aliphatic carbocycles. The quantitative estimate of drug-likeness (QED) is 0.452. The molecular formula is C26H36N3O5+. The Morgan fingerprint density at radius 1 is 1.18 bits per heavy atom. The minimum absolute atomic E-state index is 0.0138. The standard InChI is InChI=1S/C26H35N3O5/c1-19-16-23(28-34-19)27-24(30)17-29(2)15-9-14-22(29)18-33-25(31)26(32,20-10-5-3-6-11-20)21-12-7-4-8-13-21/h3,5-6,10-11,16,21-22,32H,4,7-9,12-15,17-18H2,1-2H3/p+1. The smallest absolute Gasteiger partial charge is 0.343 e. The van der Waals surface area contributed by atoms with Crippen molar-refractivity contribution in [2.75, 3.05) is 32.1 Å². The minimum Gasteiger partial charge on any atom is -0.457 e. The molecule has 0 radical (unpaired) electrons. The summed E-state index contributed by atoms with van der Waals surface area (Å²) in [6, 6.07) is 10.8. The lowest BCUT2D eigenvalue weighted by Crippen LogP contribution is -2.54. The van der Waals surface area contributed by atoms with Gasteiger partial charge in [0.2, 0.25) is 0 Å². The average Bonchev–Trinajstić information content (AvgIpc) is 3.42. The molecule has 4 rings (SSSR count). The minimum atomic E-state index is -1.65. The maximum atomic E-state index is 13.4. The van der Waals surface area contributed by atoms with Crippen LogP contribution in [0.4, 0.5) is 5.82 Å². The van der Waals surface area contributed by atoms with E-state index in [1.807, 2.05) is 37.4 Å². The van der Waals surface area contributed by atoms with Crippen molar-refractivity contribution in [3.05, 3.63) is 47.7 Å². The number of ether oxygens (including phenoxy) is 1. The van der Waals surface area contributed by atoms with Crippen molar-refractivity contribution in [3.8, 4) is 0 Å². The molecule has 0 bridgehead atoms. The topological polar surface area (TPSA) is 102 Å². The Morgan fingerprint density at radius 3 is 2.59 bits per heavy atom. The molecule has 1 amide bonds. The first-order valence-electron chi connectivity index (χ1n) is 12.3. The second-order valence-electron chi connectivity index (χ2n) is 10.1. The molecule has 8 heteroatoms. The lowest BCUT2D eigenvalue weighted by Gasteiger charge is -2.38. The third-order valence-corrected chi connectivity index (χ3v) is 7.62. The Balaban J connectivity index is 1.42. The Hall–Kier alpha value is -2.71. The molecule has 0 spiro atoms. The van der Waals surface area contributed by atoms with Crippen LogP contribution in [0.25, 0.3) is 0 Å². The van der Waals surface area contributed by atoms with Crippen LogP contribution in [0.5, 0.6) is 0 Å². The van der Waals surface area contributed by atoms with Gasteiger partial charge < -0.3 is 24.2 Å². The molecule has 1 aliphatic heterocycles. The summed E-state index contributed by atoms with van der Waals surface area (Å²) in [7, 11) is 2.02. The van der Waals surface area contributed by atoms with Gasteiger partial charge in [0.15, 0.2) is 18.0 Å². The predicted molar refractivity (Wildman–Crippen MR) is 127 cm³/mol. The van der Waals surface area contributed by atoms with Gasteiger partial charge in [-0.25, -0.2) is 4.79 Å². The number of rotatable bonds is 8. The van der Waals surface area contributed by atoms with Crippen molar-refractivity contribution in [1.82, 2.24) is 5.16 Å². The number of aryl methyl sites for hydroxylation is 1. The van der Waals surface area contributed by atoms with Crippen molar-refractivity contribution in [2.24, 2.45) is 5.92 Å². The normalized spacial score (nSPS) is 25.0. The van der Waals surface area contributed by atoms with Gasteiger partial charge in [0.05, 0.1) is 13.6 Å². The zero-order chi connectivity index (χ0) is 24.2. The maximum absolute atomic E-state index is 13.4. The van der Waals surface area contributed by atoms with E-state index in [-0.39, 0.29) is 31.0 Å². The lowest BCUT2D eigenvalue weighted by atomic mass is 9.73. The largest absolute Gasteiger partial charge is 0.457 e. The van der Waals surface area contributed by atoms with Crippen LogP contribution in [-0.2, 0) is 19.9 Å². The molecule has 2 fully saturated rings. The van der Waals surface area contributed by atoms with Gasteiger partial charge in [-0.05, 0) is 25.3 Å². The van der Waals surface area contributed by atoms with Crippen LogP contribution >= 0.6 is 0 Å². The van der Waals surface area contributed by atoms with Crippen LogP contribution < -0.4 is 5.32 Å². The number of aliphatic hydroxyl groups is 1. The second-order valence-corrected chi connectivity index (χ2v) is 10.1. The fourth-order valence-corrected chi connectivity index (χ4v) is 5.60. The molecule has 2 N–H and O–H groups in total. The SMILES string of the molecule is Cc1cc(NC(=O)C[N+]2(C)CCCC2COC(=O)C(O)(c2ccccc2)C2CCCCC2)no1. The molecule has 3 unspecified atom stereocenters. The van der Waals surface area contributed by atoms with Crippen LogP contribution in [0.15, 0.2) is 40.9 Å². The zero-order valence-corrected chi connectivity index (χ0v) is 20.2. The highest BCUT2D eigenvalue weighted by molar-refractivity contribution is 5.90. The predicted octanol–water partition coefficient (Wildman–Crippen LogP) is 3.54. The monoisotopic (exact) mass is 470 g/mol. The number of hydrogen-bond donors (Lipinski definition) is 2. The highest BCUT2D eigenvalue weighted by atomic mass is 16.6. The van der Waals surface area contributed by atoms with Gasteiger partial charge >= 0.3 is 5.97 Å². The molecule has 184 valence electrons. The Labute approximate surface area is 200 Å². The van der Waals surface area contributed by atoms with Crippen LogP contribution in [0.2, 0.25) is 0 Å². The highest BCUT2D eigenvalue weighted by Gasteiger charge is 2.48. The number of carbonyl (C=O) groups is 2. The molecule has 2 aliphatic rings. The maximum Gasteiger partial charge on any atom is 0.343 e. The van der Waals surface area contributed by atoms with Gasteiger partial charge in [0, 0.05) is 24.8 Å². The molecule has 34 heavy (non-hydrogen) atoms. The Kier molecular flexibility index (Phi) is 7.38. The van der Waals surface area contributed by atoms with Crippen molar-refractivity contribution in [2.45, 2.75) is 63.5 Å². The third kappa shape index (κ3) is 5.18. The van der Waals surface area contributed by atoms with E-state index in [9.17, 15) is 14.7 Å². The number of hydrogen-bond acceptors (Lipinski definition) is 6. The van der Waals surface area contributed by atoms with Gasteiger partial charge in [-0.1, -0.05) is 54.8 Å². The molecular weight excluding hydrogens is 434 g/mol. The van der Waals surface area contributed by atoms with Crippen molar-refractivity contribution < 1.29 is 28.4 Å². The third-order valence-electron chi connectivity index (χ3n) is 7.62. The van der Waals surface area contributed by atoms with Crippen LogP contribution in [-0.4, -0.2) is 59.4 Å². The van der Waals surface area contributed by atoms with Gasteiger partial charge in [-0.15, -0.1) is 0 Å². The number of likely N-dealkylation sites (N-methyl/N-ethyl adjacent to an activating group) is 1. The molecule has 1 aromatic carbocycles. The van der Waals surface area contributed by atoms with Crippen LogP contribution in [0.3, 0.4) is 0 Å². The summed E-state index contributed by atoms with van der Waals surface area (Å²) in [5.41, 5.74) is -1.05. The van der Waals surface area contributed by atoms with E-state index in [4.69, 9.17) is 9.26 Å². The number of quaternary nitrogens is 1. The molecule has 1 saturated carbocycles. The molecule has 2 aromatic rings. The number of benzene rings is 1. The zero-order valence-electron chi connectivity index (χ0n) is 20.2. The summed E-state index contributed by atoms with van der Waals surface area (Å²) in [4.78, 5) is 26.1. The molecule has 1 saturated heterocycles. The second kappa shape index (κ2) is 10.3. The first kappa shape index (κ1) is 24.4. The van der Waals surface area contributed by atoms with E-state index in [2.05, 4.69) is 10.5 Å². The summed E-state index contributed by atoms with van der Waals surface area (Å²) in [5, 5.41) is 18.3. The van der Waals surface area contributed by atoms with Crippen LogP contribution in [0, 0.1) is 12.8 Å². The number of nitrogens with zero attached hydrogens (tertiary/aromatic N) is 2. The van der Waals surface area contributed by atoms with Crippen molar-refractivity contribution in [1.29, 1.82) is 0 Å². The fourth-order valence-electron chi connectivity index (χ4n) is 5.60. The number of aromatic nitrogens is 1. The Morgan fingerprint density at radius 2 is 1.91 bits per heavy atom. The van der Waals surface area contributed by atoms with E-state index < -0.39 is 11.6 Å². The summed E-state index contributed by atoms with van der Waals surface area (Å²) in [6.45, 7) is 3.01. The first-order chi connectivity index (χ1) is 16.3. The number of anilines is 1. The van der Waals surface area contributed by atoms with Gasteiger partial charge in [0.1, 0.15) is 18.4 Å². The van der Waals surface area contributed by atoms with Gasteiger partial charge in [0.25, 0.3) is 5.91 Å². The summed E-state index contributed by atoms with van der Waals surface area (Å²) < 4.78 is 11.3. The van der Waals surface area contributed by atoms with E-state index >= 15 is 0 Å². The number of esters is 1. The van der Waals surface area contributed by atoms with Crippen molar-refractivity contribution >= 4 is 17.7 Å². The van der Waals surface area contributed by atoms with E-state index in [0.29, 0.717) is 21.6 Å². The summed E-state index contributed by atoms with van der Waals surface area (Å²) in [6.07, 6.45) is 6.55.